The van der Waals surface area contributed by atoms with Gasteiger partial charge in [-0.15, -0.1) is 0 Å². The SMILES string of the molecule is CNC.O=C(O)c1cc2cnc(Nc3ccc(N4CCN(C5CCCC5)CC4)cn3)nc2n1C1CCCC1. The number of rotatable bonds is 6. The molecule has 0 unspecified atom stereocenters. The maximum absolute atomic E-state index is 11.9. The average Bonchev–Trinajstić information content (AvgIpc) is 3.71. The van der Waals surface area contributed by atoms with E-state index >= 15 is 0 Å². The predicted molar refractivity (Wildman–Crippen MR) is 151 cm³/mol. The number of carbonyl (C=O) groups is 1. The summed E-state index contributed by atoms with van der Waals surface area (Å²) in [4.78, 5) is 30.7. The minimum atomic E-state index is -0.925. The fraction of sp³-hybridized carbons (Fsp3) is 0.571. The average molecular weight is 521 g/mol. The Hall–Kier alpha value is -3.24. The first-order valence-corrected chi connectivity index (χ1v) is 14.0. The predicted octanol–water partition coefficient (Wildman–Crippen LogP) is 4.28. The fourth-order valence-electron chi connectivity index (χ4n) is 6.14. The standard InChI is InChI=1S/C26H33N7O2.C2H7N/c34-25(35)22-15-18-16-28-26(30-24(18)33(22)20-7-3-4-8-20)29-23-10-9-21(17-27-23)32-13-11-31(12-14-32)19-5-1-2-6-19;1-3-2/h9-10,15-17,19-20H,1-8,11-14H2,(H,34,35)(H,27,28,29,30);3H,1-2H3. The highest BCUT2D eigenvalue weighted by atomic mass is 16.4. The lowest BCUT2D eigenvalue weighted by Crippen LogP contribution is -2.49. The van der Waals surface area contributed by atoms with E-state index in [-0.39, 0.29) is 11.7 Å². The Bertz CT molecular complexity index is 1210. The molecule has 4 heterocycles. The van der Waals surface area contributed by atoms with Crippen LogP contribution in [-0.4, -0.2) is 81.8 Å². The summed E-state index contributed by atoms with van der Waals surface area (Å²) in [6.07, 6.45) is 13.3. The number of anilines is 3. The Kier molecular flexibility index (Phi) is 8.38. The largest absolute Gasteiger partial charge is 0.477 e. The van der Waals surface area contributed by atoms with Gasteiger partial charge in [0.1, 0.15) is 17.2 Å². The van der Waals surface area contributed by atoms with Crippen molar-refractivity contribution in [2.45, 2.75) is 63.5 Å². The number of hydrogen-bond acceptors (Lipinski definition) is 8. The molecule has 0 spiro atoms. The molecule has 0 radical (unpaired) electrons. The molecule has 2 aliphatic carbocycles. The van der Waals surface area contributed by atoms with Crippen molar-refractivity contribution in [1.29, 1.82) is 0 Å². The van der Waals surface area contributed by atoms with Crippen molar-refractivity contribution in [2.24, 2.45) is 0 Å². The number of hydrogen-bond donors (Lipinski definition) is 3. The van der Waals surface area contributed by atoms with Crippen LogP contribution in [0.3, 0.4) is 0 Å². The Morgan fingerprint density at radius 2 is 1.58 bits per heavy atom. The van der Waals surface area contributed by atoms with Crippen LogP contribution in [0.1, 0.15) is 67.9 Å². The van der Waals surface area contributed by atoms with Crippen LogP contribution in [0.4, 0.5) is 17.5 Å². The minimum Gasteiger partial charge on any atom is -0.477 e. The van der Waals surface area contributed by atoms with Crippen molar-refractivity contribution in [2.75, 3.05) is 50.5 Å². The third-order valence-corrected chi connectivity index (χ3v) is 7.99. The molecule has 3 aromatic heterocycles. The summed E-state index contributed by atoms with van der Waals surface area (Å²) in [7, 11) is 3.75. The molecule has 3 N–H and O–H groups in total. The van der Waals surface area contributed by atoms with E-state index in [0.717, 1.165) is 69.0 Å². The lowest BCUT2D eigenvalue weighted by atomic mass is 10.1. The van der Waals surface area contributed by atoms with Gasteiger partial charge in [0, 0.05) is 49.8 Å². The molecular weight excluding hydrogens is 480 g/mol. The van der Waals surface area contributed by atoms with Crippen LogP contribution in [-0.2, 0) is 0 Å². The van der Waals surface area contributed by atoms with E-state index in [1.807, 2.05) is 30.9 Å². The molecule has 6 rings (SSSR count). The van der Waals surface area contributed by atoms with Crippen molar-refractivity contribution in [3.63, 3.8) is 0 Å². The highest BCUT2D eigenvalue weighted by molar-refractivity contribution is 5.93. The minimum absolute atomic E-state index is 0.174. The summed E-state index contributed by atoms with van der Waals surface area (Å²) < 4.78 is 1.89. The molecule has 0 aromatic carbocycles. The third kappa shape index (κ3) is 5.76. The first-order valence-electron chi connectivity index (χ1n) is 14.0. The summed E-state index contributed by atoms with van der Waals surface area (Å²) >= 11 is 0. The summed E-state index contributed by atoms with van der Waals surface area (Å²) in [6.45, 7) is 4.32. The molecule has 10 nitrogen and oxygen atoms in total. The van der Waals surface area contributed by atoms with Gasteiger partial charge < -0.3 is 25.2 Å². The highest BCUT2D eigenvalue weighted by Crippen LogP contribution is 2.34. The molecule has 1 saturated heterocycles. The van der Waals surface area contributed by atoms with Crippen LogP contribution in [0.15, 0.2) is 30.6 Å². The zero-order valence-electron chi connectivity index (χ0n) is 22.6. The Labute approximate surface area is 224 Å². The molecule has 3 aliphatic rings. The Morgan fingerprint density at radius 1 is 0.921 bits per heavy atom. The van der Waals surface area contributed by atoms with E-state index in [4.69, 9.17) is 4.98 Å². The van der Waals surface area contributed by atoms with Crippen molar-refractivity contribution in [3.8, 4) is 0 Å². The molecule has 2 saturated carbocycles. The highest BCUT2D eigenvalue weighted by Gasteiger charge is 2.27. The molecule has 3 aromatic rings. The molecular formula is C28H40N8O2. The van der Waals surface area contributed by atoms with Gasteiger partial charge >= 0.3 is 5.97 Å². The summed E-state index contributed by atoms with van der Waals surface area (Å²) in [6, 6.07) is 6.71. The zero-order valence-corrected chi connectivity index (χ0v) is 22.6. The van der Waals surface area contributed by atoms with Crippen molar-refractivity contribution < 1.29 is 9.90 Å². The summed E-state index contributed by atoms with van der Waals surface area (Å²) in [5.74, 6) is 0.179. The van der Waals surface area contributed by atoms with Gasteiger partial charge in [-0.25, -0.2) is 14.8 Å². The number of nitrogens with zero attached hydrogens (tertiary/aromatic N) is 6. The number of carboxylic acids is 1. The smallest absolute Gasteiger partial charge is 0.352 e. The Balaban J connectivity index is 0.000000937. The number of fused-ring (bicyclic) bond motifs is 1. The summed E-state index contributed by atoms with van der Waals surface area (Å²) in [5, 5.41) is 16.4. The van der Waals surface area contributed by atoms with Gasteiger partial charge in [-0.05, 0) is 58.0 Å². The van der Waals surface area contributed by atoms with E-state index in [1.54, 1.807) is 12.3 Å². The molecule has 10 heteroatoms. The van der Waals surface area contributed by atoms with Crippen LogP contribution in [0.5, 0.6) is 0 Å². The molecule has 0 bridgehead atoms. The number of aromatic carboxylic acids is 1. The maximum atomic E-state index is 11.9. The van der Waals surface area contributed by atoms with Gasteiger partial charge in [-0.3, -0.25) is 4.90 Å². The second-order valence-electron chi connectivity index (χ2n) is 10.6. The van der Waals surface area contributed by atoms with E-state index in [1.165, 1.54) is 25.7 Å². The normalized spacial score (nSPS) is 19.1. The van der Waals surface area contributed by atoms with Crippen molar-refractivity contribution in [1.82, 2.24) is 29.7 Å². The molecule has 3 fully saturated rings. The van der Waals surface area contributed by atoms with Gasteiger partial charge in [0.05, 0.1) is 11.9 Å². The first kappa shape index (κ1) is 26.4. The lowest BCUT2D eigenvalue weighted by Gasteiger charge is -2.39. The van der Waals surface area contributed by atoms with Gasteiger partial charge in [0.15, 0.2) is 0 Å². The second-order valence-corrected chi connectivity index (χ2v) is 10.6. The molecule has 38 heavy (non-hydrogen) atoms. The molecule has 0 amide bonds. The second kappa shape index (κ2) is 12.1. The number of aromatic nitrogens is 4. The number of pyridine rings is 1. The van der Waals surface area contributed by atoms with Gasteiger partial charge in [-0.1, -0.05) is 25.7 Å². The lowest BCUT2D eigenvalue weighted by molar-refractivity contribution is 0.0683. The Morgan fingerprint density at radius 3 is 2.18 bits per heavy atom. The van der Waals surface area contributed by atoms with Crippen molar-refractivity contribution in [3.05, 3.63) is 36.3 Å². The first-order chi connectivity index (χ1) is 18.6. The quantitative estimate of drug-likeness (QED) is 0.438. The van der Waals surface area contributed by atoms with E-state index in [9.17, 15) is 9.90 Å². The molecule has 0 atom stereocenters. The number of carboxylic acid groups (broad SMARTS) is 1. The van der Waals surface area contributed by atoms with Gasteiger partial charge in [-0.2, -0.15) is 4.98 Å². The van der Waals surface area contributed by atoms with E-state index in [0.29, 0.717) is 17.4 Å². The van der Waals surface area contributed by atoms with Crippen LogP contribution in [0, 0.1) is 0 Å². The zero-order chi connectivity index (χ0) is 26.5. The van der Waals surface area contributed by atoms with Crippen LogP contribution in [0.2, 0.25) is 0 Å². The molecule has 204 valence electrons. The van der Waals surface area contributed by atoms with E-state index < -0.39 is 5.97 Å². The topological polar surface area (TPSA) is 111 Å². The van der Waals surface area contributed by atoms with Crippen LogP contribution < -0.4 is 15.5 Å². The molecule has 1 aliphatic heterocycles. The fourth-order valence-corrected chi connectivity index (χ4v) is 6.14. The number of piperazine rings is 1. The van der Waals surface area contributed by atoms with Crippen LogP contribution >= 0.6 is 0 Å². The third-order valence-electron chi connectivity index (χ3n) is 7.99. The van der Waals surface area contributed by atoms with Crippen LogP contribution in [0.25, 0.3) is 11.0 Å². The summed E-state index contributed by atoms with van der Waals surface area (Å²) in [5.41, 5.74) is 2.09. The van der Waals surface area contributed by atoms with E-state index in [2.05, 4.69) is 36.5 Å². The maximum Gasteiger partial charge on any atom is 0.352 e. The number of nitrogens with one attached hydrogen (secondary N) is 2. The van der Waals surface area contributed by atoms with Gasteiger partial charge in [0.25, 0.3) is 0 Å². The van der Waals surface area contributed by atoms with Gasteiger partial charge in [0.2, 0.25) is 5.95 Å². The van der Waals surface area contributed by atoms with Crippen molar-refractivity contribution >= 4 is 34.5 Å². The monoisotopic (exact) mass is 520 g/mol.